The van der Waals surface area contributed by atoms with E-state index in [1.807, 2.05) is 0 Å². The van der Waals surface area contributed by atoms with Crippen molar-refractivity contribution in [2.24, 2.45) is 5.92 Å². The van der Waals surface area contributed by atoms with E-state index in [0.29, 0.717) is 30.2 Å². The number of carbonyl (C=O) groups excluding carboxylic acids is 2. The number of rotatable bonds is 5. The largest absolute Gasteiger partial charge is 0.493 e. The fraction of sp³-hybridized carbons (Fsp3) is 0.526. The minimum atomic E-state index is -0.982. The fourth-order valence-corrected chi connectivity index (χ4v) is 3.80. The van der Waals surface area contributed by atoms with Gasteiger partial charge in [0, 0.05) is 31.3 Å². The van der Waals surface area contributed by atoms with Gasteiger partial charge in [-0.25, -0.2) is 4.79 Å². The molecule has 0 saturated carbocycles. The van der Waals surface area contributed by atoms with Gasteiger partial charge in [0.25, 0.3) is 0 Å². The number of carboxylic acid groups (broad SMARTS) is 1. The van der Waals surface area contributed by atoms with Gasteiger partial charge in [-0.15, -0.1) is 0 Å². The van der Waals surface area contributed by atoms with Gasteiger partial charge in [0.05, 0.1) is 20.1 Å². The lowest BCUT2D eigenvalue weighted by Gasteiger charge is -2.34. The highest BCUT2D eigenvalue weighted by atomic mass is 16.5. The van der Waals surface area contributed by atoms with E-state index in [1.54, 1.807) is 23.1 Å². The number of carboxylic acids is 1. The van der Waals surface area contributed by atoms with Gasteiger partial charge in [0.15, 0.2) is 11.5 Å². The summed E-state index contributed by atoms with van der Waals surface area (Å²) in [7, 11) is 3.05. The number of likely N-dealkylation sites (tertiary alicyclic amines) is 1. The van der Waals surface area contributed by atoms with Crippen LogP contribution in [-0.2, 0) is 14.4 Å². The molecule has 2 aliphatic rings. The minimum absolute atomic E-state index is 0.0794. The minimum Gasteiger partial charge on any atom is -0.493 e. The molecule has 1 aromatic rings. The summed E-state index contributed by atoms with van der Waals surface area (Å²) in [6.45, 7) is 0.660. The van der Waals surface area contributed by atoms with Crippen molar-refractivity contribution >= 4 is 23.5 Å². The molecule has 3 rings (SSSR count). The standard InChI is InChI=1S/C19H24N2O6/c1-26-15-7-6-13(10-16(15)27-2)21-11-12(9-17(21)22)18(23)20-8-4-3-5-14(20)19(24)25/h6-7,10,12,14H,3-5,8-9,11H2,1-2H3,(H,24,25)/t12-,14+/m0/s1. The van der Waals surface area contributed by atoms with E-state index in [1.165, 1.54) is 19.1 Å². The van der Waals surface area contributed by atoms with Gasteiger partial charge in [-0.2, -0.15) is 0 Å². The van der Waals surface area contributed by atoms with Crippen LogP contribution in [0.1, 0.15) is 25.7 Å². The van der Waals surface area contributed by atoms with Gasteiger partial charge >= 0.3 is 5.97 Å². The number of hydrogen-bond acceptors (Lipinski definition) is 5. The monoisotopic (exact) mass is 376 g/mol. The lowest BCUT2D eigenvalue weighted by Crippen LogP contribution is -2.50. The summed E-state index contributed by atoms with van der Waals surface area (Å²) in [5.41, 5.74) is 0.626. The zero-order valence-electron chi connectivity index (χ0n) is 15.5. The molecule has 0 spiro atoms. The summed E-state index contributed by atoms with van der Waals surface area (Å²) < 4.78 is 10.5. The van der Waals surface area contributed by atoms with E-state index >= 15 is 0 Å². The van der Waals surface area contributed by atoms with E-state index in [9.17, 15) is 19.5 Å². The molecule has 8 heteroatoms. The van der Waals surface area contributed by atoms with Crippen LogP contribution in [0.5, 0.6) is 11.5 Å². The van der Waals surface area contributed by atoms with E-state index in [2.05, 4.69) is 0 Å². The third-order valence-corrected chi connectivity index (χ3v) is 5.22. The normalized spacial score (nSPS) is 22.7. The molecule has 1 aromatic carbocycles. The first-order chi connectivity index (χ1) is 13.0. The Kier molecular flexibility index (Phi) is 5.53. The molecular weight excluding hydrogens is 352 g/mol. The topological polar surface area (TPSA) is 96.4 Å². The first-order valence-corrected chi connectivity index (χ1v) is 9.02. The lowest BCUT2D eigenvalue weighted by molar-refractivity contribution is -0.153. The number of methoxy groups -OCH3 is 2. The maximum atomic E-state index is 12.9. The molecule has 2 aliphatic heterocycles. The number of amides is 2. The molecule has 0 unspecified atom stereocenters. The zero-order chi connectivity index (χ0) is 19.6. The Morgan fingerprint density at radius 2 is 1.89 bits per heavy atom. The lowest BCUT2D eigenvalue weighted by atomic mass is 9.98. The van der Waals surface area contributed by atoms with Crippen molar-refractivity contribution in [3.8, 4) is 11.5 Å². The number of piperidine rings is 1. The second-order valence-corrected chi connectivity index (χ2v) is 6.83. The summed E-state index contributed by atoms with van der Waals surface area (Å²) in [6.07, 6.45) is 2.12. The first kappa shape index (κ1) is 19.0. The molecule has 8 nitrogen and oxygen atoms in total. The number of anilines is 1. The second kappa shape index (κ2) is 7.85. The molecule has 146 valence electrons. The van der Waals surface area contributed by atoms with Crippen molar-refractivity contribution in [1.29, 1.82) is 0 Å². The van der Waals surface area contributed by atoms with Crippen LogP contribution in [0.2, 0.25) is 0 Å². The second-order valence-electron chi connectivity index (χ2n) is 6.83. The number of carbonyl (C=O) groups is 3. The molecule has 2 heterocycles. The molecule has 2 saturated heterocycles. The van der Waals surface area contributed by atoms with Crippen LogP contribution in [0.4, 0.5) is 5.69 Å². The summed E-state index contributed by atoms with van der Waals surface area (Å²) in [5.74, 6) is -0.879. The van der Waals surface area contributed by atoms with Crippen molar-refractivity contribution in [3.05, 3.63) is 18.2 Å². The van der Waals surface area contributed by atoms with Crippen molar-refractivity contribution in [2.75, 3.05) is 32.2 Å². The summed E-state index contributed by atoms with van der Waals surface area (Å²) in [5, 5.41) is 9.39. The number of aliphatic carboxylic acids is 1. The van der Waals surface area contributed by atoms with E-state index in [0.717, 1.165) is 12.8 Å². The SMILES string of the molecule is COc1ccc(N2C[C@@H](C(=O)N3CCCC[C@@H]3C(=O)O)CC2=O)cc1OC. The van der Waals surface area contributed by atoms with Crippen molar-refractivity contribution in [1.82, 2.24) is 4.90 Å². The average molecular weight is 376 g/mol. The maximum absolute atomic E-state index is 12.9. The molecule has 2 atom stereocenters. The maximum Gasteiger partial charge on any atom is 0.326 e. The molecule has 0 aliphatic carbocycles. The molecule has 1 N–H and O–H groups in total. The molecule has 2 fully saturated rings. The van der Waals surface area contributed by atoms with Gasteiger partial charge in [-0.1, -0.05) is 0 Å². The highest BCUT2D eigenvalue weighted by molar-refractivity contribution is 6.01. The number of hydrogen-bond donors (Lipinski definition) is 1. The van der Waals surface area contributed by atoms with Crippen molar-refractivity contribution in [3.63, 3.8) is 0 Å². The quantitative estimate of drug-likeness (QED) is 0.837. The third kappa shape index (κ3) is 3.70. The average Bonchev–Trinajstić information content (AvgIpc) is 3.08. The predicted octanol–water partition coefficient (Wildman–Crippen LogP) is 1.52. The molecule has 27 heavy (non-hydrogen) atoms. The van der Waals surface area contributed by atoms with Crippen LogP contribution in [-0.4, -0.2) is 61.1 Å². The Morgan fingerprint density at radius 3 is 2.56 bits per heavy atom. The van der Waals surface area contributed by atoms with Gasteiger partial charge < -0.3 is 24.4 Å². The molecular formula is C19H24N2O6. The molecule has 0 radical (unpaired) electrons. The van der Waals surface area contributed by atoms with Crippen LogP contribution in [0.3, 0.4) is 0 Å². The summed E-state index contributed by atoms with van der Waals surface area (Å²) in [4.78, 5) is 39.9. The fourth-order valence-electron chi connectivity index (χ4n) is 3.80. The highest BCUT2D eigenvalue weighted by Crippen LogP contribution is 2.34. The van der Waals surface area contributed by atoms with E-state index in [-0.39, 0.29) is 24.8 Å². The van der Waals surface area contributed by atoms with Crippen LogP contribution < -0.4 is 14.4 Å². The van der Waals surface area contributed by atoms with Crippen LogP contribution in [0.25, 0.3) is 0 Å². The van der Waals surface area contributed by atoms with Gasteiger partial charge in [0.2, 0.25) is 11.8 Å². The smallest absolute Gasteiger partial charge is 0.326 e. The van der Waals surface area contributed by atoms with Gasteiger partial charge in [-0.05, 0) is 31.4 Å². The summed E-state index contributed by atoms with van der Waals surface area (Å²) >= 11 is 0. The summed E-state index contributed by atoms with van der Waals surface area (Å²) in [6, 6.07) is 4.36. The Hall–Kier alpha value is -2.77. The molecule has 0 bridgehead atoms. The third-order valence-electron chi connectivity index (χ3n) is 5.22. The number of ether oxygens (including phenoxy) is 2. The van der Waals surface area contributed by atoms with Gasteiger partial charge in [0.1, 0.15) is 6.04 Å². The Balaban J connectivity index is 1.77. The molecule has 2 amide bonds. The predicted molar refractivity (Wildman–Crippen MR) is 97.0 cm³/mol. The van der Waals surface area contributed by atoms with Crippen LogP contribution >= 0.6 is 0 Å². The Morgan fingerprint density at radius 1 is 1.15 bits per heavy atom. The van der Waals surface area contributed by atoms with Gasteiger partial charge in [-0.3, -0.25) is 9.59 Å². The van der Waals surface area contributed by atoms with Crippen LogP contribution in [0, 0.1) is 5.92 Å². The Labute approximate surface area is 157 Å². The highest BCUT2D eigenvalue weighted by Gasteiger charge is 2.41. The first-order valence-electron chi connectivity index (χ1n) is 9.02. The Bertz CT molecular complexity index is 750. The van der Waals surface area contributed by atoms with E-state index < -0.39 is 17.9 Å². The van der Waals surface area contributed by atoms with Crippen LogP contribution in [0.15, 0.2) is 18.2 Å². The van der Waals surface area contributed by atoms with Crippen molar-refractivity contribution < 1.29 is 29.0 Å². The number of nitrogens with zero attached hydrogens (tertiary/aromatic N) is 2. The molecule has 0 aromatic heterocycles. The van der Waals surface area contributed by atoms with Crippen molar-refractivity contribution in [2.45, 2.75) is 31.7 Å². The van der Waals surface area contributed by atoms with E-state index in [4.69, 9.17) is 9.47 Å². The zero-order valence-corrected chi connectivity index (χ0v) is 15.5. The number of benzene rings is 1.